The zero-order valence-electron chi connectivity index (χ0n) is 16.2. The van der Waals surface area contributed by atoms with Gasteiger partial charge in [-0.05, 0) is 38.5 Å². The summed E-state index contributed by atoms with van der Waals surface area (Å²) in [6.45, 7) is 15.0. The molecule has 3 rings (SSSR count). The molecular formula is C20H35N3O2. The number of amides is 1. The molecule has 0 bridgehead atoms. The third-order valence-corrected chi connectivity index (χ3v) is 6.45. The molecule has 142 valence electrons. The van der Waals surface area contributed by atoms with Crippen LogP contribution in [0.5, 0.6) is 0 Å². The average molecular weight is 350 g/mol. The van der Waals surface area contributed by atoms with Gasteiger partial charge in [0.25, 0.3) is 0 Å². The smallest absolute Gasteiger partial charge is 0.239 e. The summed E-state index contributed by atoms with van der Waals surface area (Å²) in [7, 11) is 0. The highest BCUT2D eigenvalue weighted by Crippen LogP contribution is 2.31. The van der Waals surface area contributed by atoms with Crippen molar-refractivity contribution in [1.29, 1.82) is 0 Å². The van der Waals surface area contributed by atoms with Crippen molar-refractivity contribution in [3.05, 3.63) is 11.6 Å². The minimum absolute atomic E-state index is 0.00418. The van der Waals surface area contributed by atoms with E-state index in [-0.39, 0.29) is 11.9 Å². The van der Waals surface area contributed by atoms with Gasteiger partial charge in [0.2, 0.25) is 5.91 Å². The van der Waals surface area contributed by atoms with Crippen LogP contribution in [0.15, 0.2) is 11.6 Å². The number of rotatable bonds is 4. The Kier molecular flexibility index (Phi) is 6.53. The minimum atomic E-state index is -0.00418. The maximum Gasteiger partial charge on any atom is 0.239 e. The molecule has 5 nitrogen and oxygen atoms in total. The van der Waals surface area contributed by atoms with Crippen molar-refractivity contribution in [2.24, 2.45) is 11.8 Å². The molecule has 0 unspecified atom stereocenters. The lowest BCUT2D eigenvalue weighted by Gasteiger charge is -2.41. The first kappa shape index (κ1) is 18.9. The van der Waals surface area contributed by atoms with E-state index >= 15 is 0 Å². The van der Waals surface area contributed by atoms with E-state index in [4.69, 9.17) is 4.74 Å². The Morgan fingerprint density at radius 2 is 1.88 bits per heavy atom. The summed E-state index contributed by atoms with van der Waals surface area (Å²) in [4.78, 5) is 19.6. The van der Waals surface area contributed by atoms with Gasteiger partial charge in [0, 0.05) is 45.8 Å². The van der Waals surface area contributed by atoms with E-state index in [0.29, 0.717) is 19.1 Å². The molecule has 0 aromatic carbocycles. The zero-order chi connectivity index (χ0) is 17.8. The molecule has 2 aliphatic heterocycles. The van der Waals surface area contributed by atoms with Gasteiger partial charge < -0.3 is 14.5 Å². The zero-order valence-corrected chi connectivity index (χ0v) is 16.2. The van der Waals surface area contributed by atoms with Gasteiger partial charge in [-0.1, -0.05) is 18.6 Å². The summed E-state index contributed by atoms with van der Waals surface area (Å²) in [5.41, 5.74) is 1.58. The summed E-state index contributed by atoms with van der Waals surface area (Å²) in [5.74, 6) is 1.79. The lowest BCUT2D eigenvalue weighted by molar-refractivity contribution is -0.141. The molecule has 1 aliphatic carbocycles. The Labute approximate surface area is 153 Å². The van der Waals surface area contributed by atoms with Gasteiger partial charge in [-0.2, -0.15) is 0 Å². The highest BCUT2D eigenvalue weighted by atomic mass is 16.5. The Morgan fingerprint density at radius 1 is 1.20 bits per heavy atom. The number of carbonyl (C=O) groups is 1. The average Bonchev–Trinajstić information content (AvgIpc) is 2.65. The standard InChI is InChI=1S/C20H35N3O2/c1-16-5-4-6-17(2)19(16)15-21-7-9-22(10-8-21)18(3)20(24)23-11-13-25-14-12-23/h5,17-19H,4,6-15H2,1-3H3/t17-,18-,19+/m0/s1. The lowest BCUT2D eigenvalue weighted by atomic mass is 9.79. The van der Waals surface area contributed by atoms with Crippen LogP contribution < -0.4 is 0 Å². The van der Waals surface area contributed by atoms with Crippen molar-refractivity contribution >= 4 is 5.91 Å². The summed E-state index contributed by atoms with van der Waals surface area (Å²) in [6, 6.07) is -0.00418. The molecule has 0 saturated carbocycles. The Balaban J connectivity index is 1.47. The van der Waals surface area contributed by atoms with Crippen LogP contribution in [0.1, 0.15) is 33.6 Å². The minimum Gasteiger partial charge on any atom is -0.378 e. The molecule has 0 spiro atoms. The summed E-state index contributed by atoms with van der Waals surface area (Å²) >= 11 is 0. The summed E-state index contributed by atoms with van der Waals surface area (Å²) < 4.78 is 5.36. The third kappa shape index (κ3) is 4.63. The SMILES string of the molecule is CC1=CCC[C@H](C)[C@@H]1CN1CCN([C@@H](C)C(=O)N2CCOCC2)CC1. The maximum atomic E-state index is 12.7. The van der Waals surface area contributed by atoms with Gasteiger partial charge in [-0.3, -0.25) is 9.69 Å². The molecule has 5 heteroatoms. The van der Waals surface area contributed by atoms with E-state index in [2.05, 4.69) is 36.6 Å². The predicted octanol–water partition coefficient (Wildman–Crippen LogP) is 1.84. The van der Waals surface area contributed by atoms with Crippen molar-refractivity contribution in [2.75, 3.05) is 59.0 Å². The third-order valence-electron chi connectivity index (χ3n) is 6.45. The van der Waals surface area contributed by atoms with E-state index in [1.807, 2.05) is 4.90 Å². The fraction of sp³-hybridized carbons (Fsp3) is 0.850. The molecule has 0 aromatic heterocycles. The predicted molar refractivity (Wildman–Crippen MR) is 101 cm³/mol. The lowest BCUT2D eigenvalue weighted by Crippen LogP contribution is -2.56. The highest BCUT2D eigenvalue weighted by Gasteiger charge is 2.31. The number of carbonyl (C=O) groups excluding carboxylic acids is 1. The van der Waals surface area contributed by atoms with Crippen LogP contribution in [0, 0.1) is 11.8 Å². The molecule has 25 heavy (non-hydrogen) atoms. The molecule has 0 radical (unpaired) electrons. The van der Waals surface area contributed by atoms with Crippen molar-refractivity contribution in [1.82, 2.24) is 14.7 Å². The van der Waals surface area contributed by atoms with Crippen LogP contribution in [0.4, 0.5) is 0 Å². The first-order valence-electron chi connectivity index (χ1n) is 10.1. The molecule has 3 atom stereocenters. The van der Waals surface area contributed by atoms with Gasteiger partial charge in [0.05, 0.1) is 19.3 Å². The van der Waals surface area contributed by atoms with E-state index in [1.54, 1.807) is 5.57 Å². The number of hydrogen-bond donors (Lipinski definition) is 0. The van der Waals surface area contributed by atoms with E-state index in [1.165, 1.54) is 19.4 Å². The largest absolute Gasteiger partial charge is 0.378 e. The maximum absolute atomic E-state index is 12.7. The summed E-state index contributed by atoms with van der Waals surface area (Å²) in [6.07, 6.45) is 5.01. The van der Waals surface area contributed by atoms with Crippen LogP contribution >= 0.6 is 0 Å². The van der Waals surface area contributed by atoms with Crippen LogP contribution in [0.3, 0.4) is 0 Å². The second-order valence-electron chi connectivity index (χ2n) is 8.06. The van der Waals surface area contributed by atoms with Crippen LogP contribution in [0.2, 0.25) is 0 Å². The van der Waals surface area contributed by atoms with E-state index < -0.39 is 0 Å². The molecule has 2 fully saturated rings. The van der Waals surface area contributed by atoms with Gasteiger partial charge in [0.1, 0.15) is 0 Å². The van der Waals surface area contributed by atoms with Crippen molar-refractivity contribution in [3.63, 3.8) is 0 Å². The summed E-state index contributed by atoms with van der Waals surface area (Å²) in [5, 5.41) is 0. The second kappa shape index (κ2) is 8.65. The Bertz CT molecular complexity index is 479. The quantitative estimate of drug-likeness (QED) is 0.726. The van der Waals surface area contributed by atoms with Crippen molar-refractivity contribution in [2.45, 2.75) is 39.7 Å². The highest BCUT2D eigenvalue weighted by molar-refractivity contribution is 5.81. The number of allylic oxidation sites excluding steroid dienone is 1. The number of morpholine rings is 1. The van der Waals surface area contributed by atoms with E-state index in [9.17, 15) is 4.79 Å². The van der Waals surface area contributed by atoms with Crippen LogP contribution in [-0.4, -0.2) is 85.7 Å². The second-order valence-corrected chi connectivity index (χ2v) is 8.06. The molecule has 1 amide bonds. The molecular weight excluding hydrogens is 314 g/mol. The van der Waals surface area contributed by atoms with Gasteiger partial charge in [0.15, 0.2) is 0 Å². The van der Waals surface area contributed by atoms with Crippen LogP contribution in [-0.2, 0) is 9.53 Å². The molecule has 2 heterocycles. The van der Waals surface area contributed by atoms with Gasteiger partial charge in [-0.25, -0.2) is 0 Å². The molecule has 0 N–H and O–H groups in total. The molecule has 0 aromatic rings. The fourth-order valence-electron chi connectivity index (χ4n) is 4.51. The van der Waals surface area contributed by atoms with Gasteiger partial charge >= 0.3 is 0 Å². The Morgan fingerprint density at radius 3 is 2.52 bits per heavy atom. The monoisotopic (exact) mass is 349 g/mol. The van der Waals surface area contributed by atoms with Crippen LogP contribution in [0.25, 0.3) is 0 Å². The van der Waals surface area contributed by atoms with E-state index in [0.717, 1.165) is 45.2 Å². The number of hydrogen-bond acceptors (Lipinski definition) is 4. The number of nitrogens with zero attached hydrogens (tertiary/aromatic N) is 3. The topological polar surface area (TPSA) is 36.0 Å². The number of ether oxygens (including phenoxy) is 1. The first-order chi connectivity index (χ1) is 12.1. The van der Waals surface area contributed by atoms with Crippen molar-refractivity contribution in [3.8, 4) is 0 Å². The fourth-order valence-corrected chi connectivity index (χ4v) is 4.51. The molecule has 2 saturated heterocycles. The number of piperazine rings is 1. The Hall–Kier alpha value is -0.910. The normalized spacial score (nSPS) is 30.8. The van der Waals surface area contributed by atoms with Gasteiger partial charge in [-0.15, -0.1) is 0 Å². The first-order valence-corrected chi connectivity index (χ1v) is 10.1. The van der Waals surface area contributed by atoms with Crippen molar-refractivity contribution < 1.29 is 9.53 Å². The molecule has 3 aliphatic rings.